The van der Waals surface area contributed by atoms with E-state index in [0.29, 0.717) is 19.8 Å². The van der Waals surface area contributed by atoms with E-state index in [1.54, 1.807) is 4.90 Å². The lowest BCUT2D eigenvalue weighted by Crippen LogP contribution is -2.49. The number of aliphatic hydroxyl groups is 1. The monoisotopic (exact) mass is 173 g/mol. The van der Waals surface area contributed by atoms with Crippen molar-refractivity contribution in [2.24, 2.45) is 0 Å². The molecule has 4 nitrogen and oxygen atoms in total. The van der Waals surface area contributed by atoms with Crippen LogP contribution in [0.1, 0.15) is 13.3 Å². The second kappa shape index (κ2) is 4.42. The van der Waals surface area contributed by atoms with Gasteiger partial charge in [-0.2, -0.15) is 0 Å². The topological polar surface area (TPSA) is 49.8 Å². The highest BCUT2D eigenvalue weighted by atomic mass is 16.5. The van der Waals surface area contributed by atoms with E-state index in [4.69, 9.17) is 9.84 Å². The number of carbonyl (C=O) groups excluding carboxylic acids is 1. The van der Waals surface area contributed by atoms with Crippen molar-refractivity contribution in [2.75, 3.05) is 26.4 Å². The lowest BCUT2D eigenvalue weighted by Gasteiger charge is -2.34. The molecular weight excluding hydrogens is 158 g/mol. The summed E-state index contributed by atoms with van der Waals surface area (Å²) in [4.78, 5) is 12.9. The Kier molecular flexibility index (Phi) is 3.49. The first kappa shape index (κ1) is 9.48. The Morgan fingerprint density at radius 3 is 3.08 bits per heavy atom. The zero-order valence-electron chi connectivity index (χ0n) is 7.32. The van der Waals surface area contributed by atoms with Crippen LogP contribution in [0.4, 0.5) is 0 Å². The van der Waals surface area contributed by atoms with E-state index in [9.17, 15) is 4.79 Å². The zero-order valence-corrected chi connectivity index (χ0v) is 7.32. The molecule has 0 saturated carbocycles. The highest BCUT2D eigenvalue weighted by Gasteiger charge is 2.24. The first-order valence-electron chi connectivity index (χ1n) is 4.27. The van der Waals surface area contributed by atoms with Crippen LogP contribution in [0, 0.1) is 0 Å². The van der Waals surface area contributed by atoms with Crippen LogP contribution in [0.25, 0.3) is 0 Å². The molecule has 12 heavy (non-hydrogen) atoms. The Balaban J connectivity index is 2.52. The summed E-state index contributed by atoms with van der Waals surface area (Å²) < 4.78 is 5.22. The average Bonchev–Trinajstić information content (AvgIpc) is 2.16. The summed E-state index contributed by atoms with van der Waals surface area (Å²) in [5.41, 5.74) is 0. The third-order valence-electron chi connectivity index (χ3n) is 2.15. The molecular formula is C8H15NO3. The van der Waals surface area contributed by atoms with Crippen LogP contribution in [0.15, 0.2) is 0 Å². The van der Waals surface area contributed by atoms with Gasteiger partial charge in [0.25, 0.3) is 0 Å². The number of aliphatic hydroxyl groups excluding tert-OH is 1. The molecule has 0 bridgehead atoms. The average molecular weight is 173 g/mol. The number of morpholine rings is 1. The van der Waals surface area contributed by atoms with Gasteiger partial charge in [-0.05, 0) is 6.42 Å². The molecule has 1 heterocycles. The second-order valence-electron chi connectivity index (χ2n) is 2.88. The fraction of sp³-hybridized carbons (Fsp3) is 0.875. The maximum absolute atomic E-state index is 11.2. The van der Waals surface area contributed by atoms with Crippen LogP contribution in [-0.4, -0.2) is 48.3 Å². The number of carbonyl (C=O) groups is 1. The maximum atomic E-state index is 11.2. The van der Waals surface area contributed by atoms with Crippen molar-refractivity contribution in [1.29, 1.82) is 0 Å². The third-order valence-corrected chi connectivity index (χ3v) is 2.15. The number of amides is 1. The Morgan fingerprint density at radius 2 is 2.50 bits per heavy atom. The summed E-state index contributed by atoms with van der Waals surface area (Å²) in [6.45, 7) is 3.41. The van der Waals surface area contributed by atoms with Gasteiger partial charge >= 0.3 is 0 Å². The van der Waals surface area contributed by atoms with Gasteiger partial charge in [-0.15, -0.1) is 0 Å². The molecule has 1 rings (SSSR count). The standard InChI is InChI=1S/C8H15NO3/c1-2-7-6-12-4-3-9(7)8(11)5-10/h7,10H,2-6H2,1H3. The van der Waals surface area contributed by atoms with Crippen molar-refractivity contribution in [3.05, 3.63) is 0 Å². The molecule has 0 aromatic heterocycles. The van der Waals surface area contributed by atoms with Crippen molar-refractivity contribution < 1.29 is 14.6 Å². The van der Waals surface area contributed by atoms with Crippen molar-refractivity contribution in [1.82, 2.24) is 4.90 Å². The molecule has 0 aromatic carbocycles. The van der Waals surface area contributed by atoms with Crippen LogP contribution >= 0.6 is 0 Å². The molecule has 1 amide bonds. The quantitative estimate of drug-likeness (QED) is 0.619. The summed E-state index contributed by atoms with van der Waals surface area (Å²) in [6, 6.07) is 0.151. The summed E-state index contributed by atoms with van der Waals surface area (Å²) in [6.07, 6.45) is 0.881. The largest absolute Gasteiger partial charge is 0.387 e. The lowest BCUT2D eigenvalue weighted by atomic mass is 10.2. The van der Waals surface area contributed by atoms with Crippen LogP contribution in [-0.2, 0) is 9.53 Å². The Labute approximate surface area is 72.1 Å². The molecule has 0 aromatic rings. The van der Waals surface area contributed by atoms with Gasteiger partial charge in [-0.25, -0.2) is 0 Å². The van der Waals surface area contributed by atoms with Crippen molar-refractivity contribution >= 4 is 5.91 Å². The summed E-state index contributed by atoms with van der Waals surface area (Å²) >= 11 is 0. The molecule has 0 aliphatic carbocycles. The highest BCUT2D eigenvalue weighted by Crippen LogP contribution is 2.09. The molecule has 1 N–H and O–H groups in total. The van der Waals surface area contributed by atoms with E-state index < -0.39 is 6.61 Å². The van der Waals surface area contributed by atoms with Crippen LogP contribution < -0.4 is 0 Å². The van der Waals surface area contributed by atoms with Crippen molar-refractivity contribution in [3.8, 4) is 0 Å². The van der Waals surface area contributed by atoms with Crippen LogP contribution in [0.5, 0.6) is 0 Å². The molecule has 1 atom stereocenters. The fourth-order valence-corrected chi connectivity index (χ4v) is 1.41. The molecule has 1 aliphatic heterocycles. The summed E-state index contributed by atoms with van der Waals surface area (Å²) in [7, 11) is 0. The predicted molar refractivity (Wildman–Crippen MR) is 43.7 cm³/mol. The van der Waals surface area contributed by atoms with Gasteiger partial charge in [0.15, 0.2) is 0 Å². The Hall–Kier alpha value is -0.610. The first-order valence-corrected chi connectivity index (χ1v) is 4.27. The number of nitrogens with zero attached hydrogens (tertiary/aromatic N) is 1. The summed E-state index contributed by atoms with van der Waals surface area (Å²) in [5, 5.41) is 8.67. The smallest absolute Gasteiger partial charge is 0.248 e. The van der Waals surface area contributed by atoms with E-state index in [0.717, 1.165) is 6.42 Å². The van der Waals surface area contributed by atoms with E-state index in [2.05, 4.69) is 0 Å². The molecule has 70 valence electrons. The van der Waals surface area contributed by atoms with Gasteiger partial charge < -0.3 is 14.7 Å². The predicted octanol–water partition coefficient (Wildman–Crippen LogP) is -0.384. The molecule has 1 unspecified atom stereocenters. The minimum absolute atomic E-state index is 0.151. The second-order valence-corrected chi connectivity index (χ2v) is 2.88. The maximum Gasteiger partial charge on any atom is 0.248 e. The lowest BCUT2D eigenvalue weighted by molar-refractivity contribution is -0.142. The molecule has 1 fully saturated rings. The Morgan fingerprint density at radius 1 is 1.75 bits per heavy atom. The molecule has 0 spiro atoms. The van der Waals surface area contributed by atoms with E-state index >= 15 is 0 Å². The zero-order chi connectivity index (χ0) is 8.97. The minimum Gasteiger partial charge on any atom is -0.387 e. The molecule has 1 aliphatic rings. The van der Waals surface area contributed by atoms with Gasteiger partial charge in [0, 0.05) is 6.54 Å². The SMILES string of the molecule is CCC1COCCN1C(=O)CO. The number of hydrogen-bond acceptors (Lipinski definition) is 3. The van der Waals surface area contributed by atoms with Gasteiger partial charge in [-0.3, -0.25) is 4.79 Å². The molecule has 4 heteroatoms. The minimum atomic E-state index is -0.392. The highest BCUT2D eigenvalue weighted by molar-refractivity contribution is 5.77. The van der Waals surface area contributed by atoms with E-state index in [1.165, 1.54) is 0 Å². The number of hydrogen-bond donors (Lipinski definition) is 1. The normalized spacial score (nSPS) is 24.2. The van der Waals surface area contributed by atoms with Gasteiger partial charge in [0.05, 0.1) is 19.3 Å². The molecule has 0 radical (unpaired) electrons. The van der Waals surface area contributed by atoms with Crippen molar-refractivity contribution in [2.45, 2.75) is 19.4 Å². The fourth-order valence-electron chi connectivity index (χ4n) is 1.41. The Bertz CT molecular complexity index is 160. The summed E-state index contributed by atoms with van der Waals surface area (Å²) in [5.74, 6) is -0.190. The molecule has 1 saturated heterocycles. The van der Waals surface area contributed by atoms with Gasteiger partial charge in [-0.1, -0.05) is 6.92 Å². The first-order chi connectivity index (χ1) is 5.79. The van der Waals surface area contributed by atoms with Gasteiger partial charge in [0.2, 0.25) is 5.91 Å². The van der Waals surface area contributed by atoms with Crippen LogP contribution in [0.3, 0.4) is 0 Å². The third kappa shape index (κ3) is 1.95. The van der Waals surface area contributed by atoms with E-state index in [1.807, 2.05) is 6.92 Å². The number of ether oxygens (including phenoxy) is 1. The van der Waals surface area contributed by atoms with Crippen molar-refractivity contribution in [3.63, 3.8) is 0 Å². The van der Waals surface area contributed by atoms with E-state index in [-0.39, 0.29) is 11.9 Å². The van der Waals surface area contributed by atoms with Gasteiger partial charge in [0.1, 0.15) is 6.61 Å². The number of rotatable bonds is 2. The van der Waals surface area contributed by atoms with Crippen LogP contribution in [0.2, 0.25) is 0 Å².